The lowest BCUT2D eigenvalue weighted by molar-refractivity contribution is 0.265. The molecule has 1 fully saturated rings. The van der Waals surface area contributed by atoms with Crippen LogP contribution in [0.2, 0.25) is 0 Å². The number of aromatic nitrogens is 1. The number of thiazole rings is 1. The van der Waals surface area contributed by atoms with Crippen molar-refractivity contribution in [2.24, 2.45) is 21.4 Å². The van der Waals surface area contributed by atoms with Crippen molar-refractivity contribution < 1.29 is 9.47 Å². The SMILES string of the molecule is CCN=c1scc(-c2ccc(OC)cc2OC)n1/N=C1/CC(C)CC(C)(C)C1. The van der Waals surface area contributed by atoms with Gasteiger partial charge in [-0.2, -0.15) is 5.10 Å². The Morgan fingerprint density at radius 3 is 2.68 bits per heavy atom. The van der Waals surface area contributed by atoms with Gasteiger partial charge in [0.2, 0.25) is 4.80 Å². The van der Waals surface area contributed by atoms with Crippen molar-refractivity contribution in [3.8, 4) is 22.8 Å². The van der Waals surface area contributed by atoms with E-state index in [1.807, 2.05) is 22.9 Å². The average molecular weight is 402 g/mol. The summed E-state index contributed by atoms with van der Waals surface area (Å²) < 4.78 is 13.0. The molecule has 1 atom stereocenters. The van der Waals surface area contributed by atoms with Crippen LogP contribution in [0.4, 0.5) is 0 Å². The van der Waals surface area contributed by atoms with E-state index in [1.165, 1.54) is 12.1 Å². The van der Waals surface area contributed by atoms with E-state index in [0.717, 1.165) is 46.9 Å². The summed E-state index contributed by atoms with van der Waals surface area (Å²) in [4.78, 5) is 5.59. The number of ether oxygens (including phenoxy) is 2. The van der Waals surface area contributed by atoms with E-state index in [4.69, 9.17) is 14.6 Å². The summed E-state index contributed by atoms with van der Waals surface area (Å²) in [6, 6.07) is 5.89. The summed E-state index contributed by atoms with van der Waals surface area (Å²) in [5.74, 6) is 2.19. The molecule has 0 N–H and O–H groups in total. The molecule has 1 aliphatic rings. The number of benzene rings is 1. The van der Waals surface area contributed by atoms with Gasteiger partial charge < -0.3 is 9.47 Å². The van der Waals surface area contributed by atoms with Crippen LogP contribution in [0, 0.1) is 11.3 Å². The third kappa shape index (κ3) is 4.49. The summed E-state index contributed by atoms with van der Waals surface area (Å²) in [7, 11) is 3.35. The number of rotatable bonds is 5. The molecule has 1 aliphatic carbocycles. The van der Waals surface area contributed by atoms with Crippen molar-refractivity contribution in [1.29, 1.82) is 0 Å². The summed E-state index contributed by atoms with van der Waals surface area (Å²) in [5, 5.41) is 7.21. The molecular weight excluding hydrogens is 370 g/mol. The van der Waals surface area contributed by atoms with Crippen LogP contribution in [0.25, 0.3) is 11.3 Å². The standard InChI is InChI=1S/C22H31N3O2S/c1-7-23-21-25(24-16-10-15(2)12-22(3,4)13-16)19(14-28-21)18-9-8-17(26-5)11-20(18)27-6/h8-9,11,14-15H,7,10,12-13H2,1-6H3/b23-21?,24-16-. The Bertz CT molecular complexity index is 924. The molecule has 6 heteroatoms. The van der Waals surface area contributed by atoms with Crippen LogP contribution in [0.5, 0.6) is 11.5 Å². The van der Waals surface area contributed by atoms with Crippen molar-refractivity contribution in [3.05, 3.63) is 28.4 Å². The lowest BCUT2D eigenvalue weighted by Gasteiger charge is -2.34. The van der Waals surface area contributed by atoms with Crippen LogP contribution in [0.1, 0.15) is 47.0 Å². The maximum atomic E-state index is 5.64. The highest BCUT2D eigenvalue weighted by molar-refractivity contribution is 7.07. The van der Waals surface area contributed by atoms with Crippen LogP contribution in [0.15, 0.2) is 33.7 Å². The summed E-state index contributed by atoms with van der Waals surface area (Å²) in [5.41, 5.74) is 3.52. The number of methoxy groups -OCH3 is 2. The zero-order valence-corrected chi connectivity index (χ0v) is 18.6. The van der Waals surface area contributed by atoms with E-state index in [0.29, 0.717) is 5.92 Å². The fourth-order valence-electron chi connectivity index (χ4n) is 4.17. The highest BCUT2D eigenvalue weighted by Crippen LogP contribution is 2.38. The van der Waals surface area contributed by atoms with Crippen LogP contribution in [-0.2, 0) is 0 Å². The third-order valence-electron chi connectivity index (χ3n) is 5.07. The monoisotopic (exact) mass is 401 g/mol. The van der Waals surface area contributed by atoms with E-state index in [1.54, 1.807) is 25.6 Å². The Morgan fingerprint density at radius 1 is 1.25 bits per heavy atom. The second kappa shape index (κ2) is 8.52. The first kappa shape index (κ1) is 20.6. The minimum Gasteiger partial charge on any atom is -0.497 e. The van der Waals surface area contributed by atoms with Crippen LogP contribution in [-0.4, -0.2) is 31.2 Å². The van der Waals surface area contributed by atoms with E-state index in [-0.39, 0.29) is 5.41 Å². The van der Waals surface area contributed by atoms with Crippen LogP contribution in [0.3, 0.4) is 0 Å². The molecule has 0 bridgehead atoms. The summed E-state index contributed by atoms with van der Waals surface area (Å²) >= 11 is 1.62. The van der Waals surface area contributed by atoms with Gasteiger partial charge in [0.05, 0.1) is 19.9 Å². The van der Waals surface area contributed by atoms with E-state index in [9.17, 15) is 0 Å². The predicted octanol–water partition coefficient (Wildman–Crippen LogP) is 5.20. The molecule has 0 spiro atoms. The van der Waals surface area contributed by atoms with Gasteiger partial charge in [0, 0.05) is 29.3 Å². The molecule has 0 saturated heterocycles. The molecule has 3 rings (SSSR count). The van der Waals surface area contributed by atoms with Gasteiger partial charge >= 0.3 is 0 Å². The molecule has 2 aromatic rings. The summed E-state index contributed by atoms with van der Waals surface area (Å²) in [6.07, 6.45) is 3.30. The molecule has 1 saturated carbocycles. The lowest BCUT2D eigenvalue weighted by atomic mass is 9.72. The van der Waals surface area contributed by atoms with Crippen LogP contribution < -0.4 is 14.3 Å². The largest absolute Gasteiger partial charge is 0.497 e. The number of nitrogens with zero attached hydrogens (tertiary/aromatic N) is 3. The molecule has 28 heavy (non-hydrogen) atoms. The molecule has 0 amide bonds. The lowest BCUT2D eigenvalue weighted by Crippen LogP contribution is -2.29. The molecule has 1 heterocycles. The van der Waals surface area contributed by atoms with Gasteiger partial charge in [-0.15, -0.1) is 11.3 Å². The minimum absolute atomic E-state index is 0.285. The Balaban J connectivity index is 2.13. The second-order valence-electron chi connectivity index (χ2n) is 8.28. The zero-order chi connectivity index (χ0) is 20.3. The van der Waals surface area contributed by atoms with Gasteiger partial charge in [-0.05, 0) is 49.7 Å². The molecule has 152 valence electrons. The maximum Gasteiger partial charge on any atom is 0.206 e. The van der Waals surface area contributed by atoms with Crippen molar-refractivity contribution in [2.75, 3.05) is 20.8 Å². The first-order valence-corrected chi connectivity index (χ1v) is 10.7. The zero-order valence-electron chi connectivity index (χ0n) is 17.8. The van der Waals surface area contributed by atoms with E-state index in [2.05, 4.69) is 38.1 Å². The quantitative estimate of drug-likeness (QED) is 0.691. The smallest absolute Gasteiger partial charge is 0.206 e. The fraction of sp³-hybridized carbons (Fsp3) is 0.545. The second-order valence-corrected chi connectivity index (χ2v) is 9.11. The van der Waals surface area contributed by atoms with Gasteiger partial charge in [0.1, 0.15) is 11.5 Å². The number of hydrogen-bond donors (Lipinski definition) is 0. The van der Waals surface area contributed by atoms with Gasteiger partial charge in [0.25, 0.3) is 0 Å². The first-order valence-electron chi connectivity index (χ1n) is 9.87. The average Bonchev–Trinajstić information content (AvgIpc) is 3.02. The molecule has 1 aromatic carbocycles. The van der Waals surface area contributed by atoms with Crippen molar-refractivity contribution in [3.63, 3.8) is 0 Å². The first-order chi connectivity index (χ1) is 13.4. The summed E-state index contributed by atoms with van der Waals surface area (Å²) in [6.45, 7) is 9.77. The molecule has 5 nitrogen and oxygen atoms in total. The fourth-order valence-corrected chi connectivity index (χ4v) is 5.05. The Labute approximate surface area is 171 Å². The Morgan fingerprint density at radius 2 is 2.04 bits per heavy atom. The normalized spacial score (nSPS) is 21.1. The maximum absolute atomic E-state index is 5.64. The van der Waals surface area contributed by atoms with Crippen molar-refractivity contribution in [2.45, 2.75) is 47.0 Å². The van der Waals surface area contributed by atoms with Crippen molar-refractivity contribution in [1.82, 2.24) is 4.68 Å². The van der Waals surface area contributed by atoms with Gasteiger partial charge in [-0.1, -0.05) is 20.8 Å². The van der Waals surface area contributed by atoms with Crippen molar-refractivity contribution >= 4 is 17.0 Å². The topological polar surface area (TPSA) is 48.1 Å². The molecule has 0 radical (unpaired) electrons. The highest BCUT2D eigenvalue weighted by Gasteiger charge is 2.30. The predicted molar refractivity (Wildman–Crippen MR) is 117 cm³/mol. The molecule has 0 aliphatic heterocycles. The number of hydrogen-bond acceptors (Lipinski definition) is 5. The molecule has 1 aromatic heterocycles. The van der Waals surface area contributed by atoms with Gasteiger partial charge in [0.15, 0.2) is 0 Å². The van der Waals surface area contributed by atoms with Gasteiger partial charge in [-0.25, -0.2) is 4.68 Å². The highest BCUT2D eigenvalue weighted by atomic mass is 32.1. The van der Waals surface area contributed by atoms with E-state index >= 15 is 0 Å². The Hall–Kier alpha value is -2.08. The third-order valence-corrected chi connectivity index (χ3v) is 5.93. The van der Waals surface area contributed by atoms with E-state index < -0.39 is 0 Å². The molecular formula is C22H31N3O2S. The Kier molecular flexibility index (Phi) is 6.28. The minimum atomic E-state index is 0.285. The molecule has 1 unspecified atom stereocenters. The van der Waals surface area contributed by atoms with Crippen LogP contribution >= 0.6 is 11.3 Å². The van der Waals surface area contributed by atoms with Gasteiger partial charge in [-0.3, -0.25) is 4.99 Å².